The topological polar surface area (TPSA) is 55.9 Å². The summed E-state index contributed by atoms with van der Waals surface area (Å²) in [7, 11) is 1.92. The molecular formula is C14H20N4. The van der Waals surface area contributed by atoms with E-state index < -0.39 is 0 Å². The normalized spacial score (nSPS) is 12.7. The van der Waals surface area contributed by atoms with Gasteiger partial charge < -0.3 is 0 Å². The lowest BCUT2D eigenvalue weighted by Crippen LogP contribution is -2.29. The Hall–Kier alpha value is -1.65. The van der Waals surface area contributed by atoms with Crippen LogP contribution in [0.4, 0.5) is 0 Å². The van der Waals surface area contributed by atoms with Crippen molar-refractivity contribution in [3.05, 3.63) is 52.8 Å². The predicted octanol–water partition coefficient (Wildman–Crippen LogP) is 1.78. The Labute approximate surface area is 108 Å². The van der Waals surface area contributed by atoms with Crippen LogP contribution in [-0.4, -0.2) is 9.78 Å². The first-order chi connectivity index (χ1) is 8.58. The molecule has 0 bridgehead atoms. The average Bonchev–Trinajstić information content (AvgIpc) is 2.70. The highest BCUT2D eigenvalue weighted by atomic mass is 15.2. The van der Waals surface area contributed by atoms with E-state index in [1.807, 2.05) is 24.1 Å². The number of hydrazine groups is 1. The number of hydrogen-bond donors (Lipinski definition) is 2. The van der Waals surface area contributed by atoms with Gasteiger partial charge >= 0.3 is 0 Å². The van der Waals surface area contributed by atoms with Crippen LogP contribution in [0.15, 0.2) is 30.6 Å². The largest absolute Gasteiger partial charge is 0.276 e. The molecule has 2 rings (SSSR count). The van der Waals surface area contributed by atoms with Crippen molar-refractivity contribution in [2.45, 2.75) is 26.3 Å². The summed E-state index contributed by atoms with van der Waals surface area (Å²) in [5.41, 5.74) is 7.82. The molecule has 3 N–H and O–H groups in total. The van der Waals surface area contributed by atoms with Crippen LogP contribution in [0.3, 0.4) is 0 Å². The van der Waals surface area contributed by atoms with Gasteiger partial charge in [-0.3, -0.25) is 16.0 Å². The zero-order valence-electron chi connectivity index (χ0n) is 11.1. The van der Waals surface area contributed by atoms with Gasteiger partial charge in [0.05, 0.1) is 12.2 Å². The maximum Gasteiger partial charge on any atom is 0.0522 e. The van der Waals surface area contributed by atoms with Crippen LogP contribution in [0, 0.1) is 13.8 Å². The first-order valence-corrected chi connectivity index (χ1v) is 6.10. The Bertz CT molecular complexity index is 510. The summed E-state index contributed by atoms with van der Waals surface area (Å²) < 4.78 is 1.81. The van der Waals surface area contributed by atoms with Crippen molar-refractivity contribution in [1.82, 2.24) is 15.2 Å². The van der Waals surface area contributed by atoms with E-state index in [4.69, 9.17) is 5.84 Å². The number of aryl methyl sites for hydroxylation is 3. The van der Waals surface area contributed by atoms with E-state index in [1.165, 1.54) is 22.3 Å². The summed E-state index contributed by atoms with van der Waals surface area (Å²) >= 11 is 0. The van der Waals surface area contributed by atoms with Crippen molar-refractivity contribution in [1.29, 1.82) is 0 Å². The molecule has 1 aromatic heterocycles. The Kier molecular flexibility index (Phi) is 3.79. The van der Waals surface area contributed by atoms with Crippen molar-refractivity contribution in [2.75, 3.05) is 0 Å². The van der Waals surface area contributed by atoms with Crippen LogP contribution < -0.4 is 11.3 Å². The van der Waals surface area contributed by atoms with Gasteiger partial charge in [0.15, 0.2) is 0 Å². The lowest BCUT2D eigenvalue weighted by molar-refractivity contribution is 0.551. The van der Waals surface area contributed by atoms with Gasteiger partial charge in [-0.2, -0.15) is 5.10 Å². The van der Waals surface area contributed by atoms with E-state index in [-0.39, 0.29) is 6.04 Å². The van der Waals surface area contributed by atoms with Gasteiger partial charge in [-0.1, -0.05) is 29.3 Å². The van der Waals surface area contributed by atoms with E-state index in [2.05, 4.69) is 42.6 Å². The number of nitrogens with one attached hydrogen (secondary N) is 1. The van der Waals surface area contributed by atoms with Gasteiger partial charge in [0.25, 0.3) is 0 Å². The van der Waals surface area contributed by atoms with E-state index in [0.29, 0.717) is 0 Å². The quantitative estimate of drug-likeness (QED) is 0.637. The smallest absolute Gasteiger partial charge is 0.0522 e. The summed E-state index contributed by atoms with van der Waals surface area (Å²) in [5, 5.41) is 4.18. The molecule has 1 heterocycles. The second kappa shape index (κ2) is 5.33. The highest BCUT2D eigenvalue weighted by Gasteiger charge is 2.12. The van der Waals surface area contributed by atoms with Crippen LogP contribution in [0.1, 0.15) is 28.3 Å². The summed E-state index contributed by atoms with van der Waals surface area (Å²) in [4.78, 5) is 0. The molecular weight excluding hydrogens is 224 g/mol. The Morgan fingerprint density at radius 3 is 2.44 bits per heavy atom. The van der Waals surface area contributed by atoms with Crippen molar-refractivity contribution in [3.8, 4) is 0 Å². The number of nitrogens with zero attached hydrogens (tertiary/aromatic N) is 2. The van der Waals surface area contributed by atoms with Crippen LogP contribution >= 0.6 is 0 Å². The number of rotatable bonds is 4. The van der Waals surface area contributed by atoms with E-state index >= 15 is 0 Å². The fraction of sp³-hybridized carbons (Fsp3) is 0.357. The monoisotopic (exact) mass is 244 g/mol. The Balaban J connectivity index is 2.22. The highest BCUT2D eigenvalue weighted by molar-refractivity contribution is 5.31. The zero-order valence-corrected chi connectivity index (χ0v) is 11.1. The molecule has 0 radical (unpaired) electrons. The second-order valence-corrected chi connectivity index (χ2v) is 4.87. The maximum atomic E-state index is 5.68. The lowest BCUT2D eigenvalue weighted by Gasteiger charge is -2.16. The van der Waals surface area contributed by atoms with Gasteiger partial charge in [0.2, 0.25) is 0 Å². The van der Waals surface area contributed by atoms with Crippen LogP contribution in [0.5, 0.6) is 0 Å². The molecule has 0 fully saturated rings. The van der Waals surface area contributed by atoms with Crippen LogP contribution in [-0.2, 0) is 13.5 Å². The maximum absolute atomic E-state index is 5.68. The van der Waals surface area contributed by atoms with Crippen molar-refractivity contribution < 1.29 is 0 Å². The summed E-state index contributed by atoms with van der Waals surface area (Å²) in [6.07, 6.45) is 4.74. The molecule has 1 unspecified atom stereocenters. The fourth-order valence-corrected chi connectivity index (χ4v) is 2.30. The minimum Gasteiger partial charge on any atom is -0.276 e. The lowest BCUT2D eigenvalue weighted by atomic mass is 9.97. The summed E-state index contributed by atoms with van der Waals surface area (Å²) in [6.45, 7) is 4.21. The predicted molar refractivity (Wildman–Crippen MR) is 72.9 cm³/mol. The van der Waals surface area contributed by atoms with Gasteiger partial charge in [0.1, 0.15) is 0 Å². The van der Waals surface area contributed by atoms with Crippen molar-refractivity contribution in [2.24, 2.45) is 12.9 Å². The number of nitrogens with two attached hydrogens (primary N) is 1. The van der Waals surface area contributed by atoms with Crippen LogP contribution in [0.2, 0.25) is 0 Å². The molecule has 0 aliphatic heterocycles. The van der Waals surface area contributed by atoms with E-state index in [9.17, 15) is 0 Å². The first-order valence-electron chi connectivity index (χ1n) is 6.10. The molecule has 0 aliphatic carbocycles. The third kappa shape index (κ3) is 2.97. The standard InChI is InChI=1S/C14H20N4/c1-10-4-11(2)6-13(5-10)14(17-15)7-12-8-16-18(3)9-12/h4-6,8-9,14,17H,7,15H2,1-3H3. The van der Waals surface area contributed by atoms with Gasteiger partial charge in [-0.15, -0.1) is 0 Å². The Morgan fingerprint density at radius 2 is 1.94 bits per heavy atom. The zero-order chi connectivity index (χ0) is 13.1. The first kappa shape index (κ1) is 12.8. The molecule has 1 aromatic carbocycles. The fourth-order valence-electron chi connectivity index (χ4n) is 2.30. The van der Waals surface area contributed by atoms with Crippen LogP contribution in [0.25, 0.3) is 0 Å². The number of benzene rings is 1. The van der Waals surface area contributed by atoms with E-state index in [0.717, 1.165) is 6.42 Å². The molecule has 2 aromatic rings. The molecule has 96 valence electrons. The van der Waals surface area contributed by atoms with E-state index in [1.54, 1.807) is 0 Å². The Morgan fingerprint density at radius 1 is 1.28 bits per heavy atom. The molecule has 0 saturated carbocycles. The molecule has 18 heavy (non-hydrogen) atoms. The third-order valence-corrected chi connectivity index (χ3v) is 3.05. The molecule has 0 aliphatic rings. The number of hydrogen-bond acceptors (Lipinski definition) is 3. The number of aromatic nitrogens is 2. The molecule has 0 saturated heterocycles. The molecule has 4 nitrogen and oxygen atoms in total. The molecule has 0 spiro atoms. The molecule has 4 heteroatoms. The second-order valence-electron chi connectivity index (χ2n) is 4.87. The van der Waals surface area contributed by atoms with Crippen molar-refractivity contribution in [3.63, 3.8) is 0 Å². The summed E-state index contributed by atoms with van der Waals surface area (Å²) in [5.74, 6) is 5.68. The van der Waals surface area contributed by atoms with Gasteiger partial charge in [-0.25, -0.2) is 0 Å². The summed E-state index contributed by atoms with van der Waals surface area (Å²) in [6, 6.07) is 6.64. The van der Waals surface area contributed by atoms with Crippen molar-refractivity contribution >= 4 is 0 Å². The van der Waals surface area contributed by atoms with Gasteiger partial charge in [-0.05, 0) is 31.4 Å². The molecule has 1 atom stereocenters. The molecule has 0 amide bonds. The highest BCUT2D eigenvalue weighted by Crippen LogP contribution is 2.20. The average molecular weight is 244 g/mol. The third-order valence-electron chi connectivity index (χ3n) is 3.05. The van der Waals surface area contributed by atoms with Gasteiger partial charge in [0, 0.05) is 13.2 Å². The minimum absolute atomic E-state index is 0.118. The minimum atomic E-state index is 0.118. The SMILES string of the molecule is Cc1cc(C)cc(C(Cc2cnn(C)c2)NN)c1.